The van der Waals surface area contributed by atoms with Gasteiger partial charge in [0.15, 0.2) is 0 Å². The summed E-state index contributed by atoms with van der Waals surface area (Å²) in [4.78, 5) is 28.0. The number of H-pyrrole nitrogens is 1. The van der Waals surface area contributed by atoms with E-state index in [2.05, 4.69) is 10.4 Å². The van der Waals surface area contributed by atoms with E-state index in [1.165, 1.54) is 41.0 Å². The highest BCUT2D eigenvalue weighted by atomic mass is 32.2. The van der Waals surface area contributed by atoms with Gasteiger partial charge in [0, 0.05) is 21.6 Å². The topological polar surface area (TPSA) is 88.0 Å². The number of hydrogen-bond donors (Lipinski definition) is 3. The number of hydrazine groups is 1. The van der Waals surface area contributed by atoms with Crippen LogP contribution in [0.25, 0.3) is 0 Å². The lowest BCUT2D eigenvalue weighted by molar-refractivity contribution is 0.0953. The maximum Gasteiger partial charge on any atom is 0.305 e. The molecule has 7 heteroatoms. The third-order valence-electron chi connectivity index (χ3n) is 6.13. The molecule has 2 bridgehead atoms. The van der Waals surface area contributed by atoms with E-state index in [9.17, 15) is 9.59 Å². The van der Waals surface area contributed by atoms with Crippen molar-refractivity contribution in [2.75, 3.05) is 0 Å². The zero-order valence-electron chi connectivity index (χ0n) is 13.5. The molecule has 2 aliphatic carbocycles. The van der Waals surface area contributed by atoms with Crippen LogP contribution in [0, 0.1) is 17.8 Å². The second-order valence-corrected chi connectivity index (χ2v) is 9.48. The molecular weight excluding hydrogens is 354 g/mol. The van der Waals surface area contributed by atoms with Crippen LogP contribution in [-0.4, -0.2) is 16.1 Å². The van der Waals surface area contributed by atoms with Crippen LogP contribution in [-0.2, 0) is 0 Å². The molecule has 1 aromatic carbocycles. The number of nitrogens with two attached hydrogens (primary N) is 1. The number of thiazole rings is 1. The molecule has 1 aliphatic heterocycles. The summed E-state index contributed by atoms with van der Waals surface area (Å²) in [7, 11) is 0. The average molecular weight is 374 g/mol. The summed E-state index contributed by atoms with van der Waals surface area (Å²) in [5.74, 6) is 7.33. The number of benzene rings is 1. The number of aromatic nitrogens is 1. The Hall–Kier alpha value is -1.57. The SMILES string of the molecule is NNC(=O)c1ccc([C@@H]2c3sc(=O)[nH]c3S[C@H]3[C@H]4CC[C@@H](C4)[C@H]23)cc1. The van der Waals surface area contributed by atoms with Gasteiger partial charge in [0.25, 0.3) is 5.91 Å². The van der Waals surface area contributed by atoms with E-state index in [-0.39, 0.29) is 16.7 Å². The Labute approximate surface area is 153 Å². The molecule has 5 nitrogen and oxygen atoms in total. The van der Waals surface area contributed by atoms with Gasteiger partial charge in [-0.05, 0) is 54.7 Å². The Kier molecular flexibility index (Phi) is 3.59. The molecule has 0 saturated heterocycles. The minimum absolute atomic E-state index is 0.0361. The Balaban J connectivity index is 1.60. The molecular formula is C18H19N3O2S2. The number of carbonyl (C=O) groups excluding carboxylic acids is 1. The predicted molar refractivity (Wildman–Crippen MR) is 98.8 cm³/mol. The Morgan fingerprint density at radius 3 is 2.72 bits per heavy atom. The van der Waals surface area contributed by atoms with Crippen LogP contribution in [0.1, 0.15) is 46.0 Å². The highest BCUT2D eigenvalue weighted by Gasteiger charge is 2.54. The maximum atomic E-state index is 12.0. The summed E-state index contributed by atoms with van der Waals surface area (Å²) in [6, 6.07) is 7.72. The van der Waals surface area contributed by atoms with Gasteiger partial charge >= 0.3 is 4.87 Å². The number of hydrogen-bond acceptors (Lipinski definition) is 5. The number of thioether (sulfide) groups is 1. The fourth-order valence-electron chi connectivity index (χ4n) is 5.15. The third kappa shape index (κ3) is 2.33. The van der Waals surface area contributed by atoms with Crippen molar-refractivity contribution in [3.8, 4) is 0 Å². The largest absolute Gasteiger partial charge is 0.307 e. The molecule has 0 spiro atoms. The second kappa shape index (κ2) is 5.72. The van der Waals surface area contributed by atoms with Crippen LogP contribution in [0.15, 0.2) is 34.1 Å². The monoisotopic (exact) mass is 373 g/mol. The van der Waals surface area contributed by atoms with E-state index in [0.29, 0.717) is 16.7 Å². The summed E-state index contributed by atoms with van der Waals surface area (Å²) in [6.07, 6.45) is 3.96. The summed E-state index contributed by atoms with van der Waals surface area (Å²) in [5.41, 5.74) is 3.93. The van der Waals surface area contributed by atoms with E-state index in [4.69, 9.17) is 5.84 Å². The Morgan fingerprint density at radius 2 is 1.96 bits per heavy atom. The molecule has 4 N–H and O–H groups in total. The first-order valence-electron chi connectivity index (χ1n) is 8.66. The van der Waals surface area contributed by atoms with Gasteiger partial charge in [-0.1, -0.05) is 23.5 Å². The first-order valence-corrected chi connectivity index (χ1v) is 10.4. The zero-order chi connectivity index (χ0) is 17.1. The molecule has 5 atom stereocenters. The van der Waals surface area contributed by atoms with Gasteiger partial charge in [-0.3, -0.25) is 15.0 Å². The van der Waals surface area contributed by atoms with Crippen molar-refractivity contribution in [3.05, 3.63) is 49.9 Å². The summed E-state index contributed by atoms with van der Waals surface area (Å²) in [6.45, 7) is 0. The van der Waals surface area contributed by atoms with Gasteiger partial charge < -0.3 is 4.98 Å². The number of nitrogens with one attached hydrogen (secondary N) is 2. The number of amides is 1. The van der Waals surface area contributed by atoms with Gasteiger partial charge in [-0.15, -0.1) is 11.8 Å². The number of aromatic amines is 1. The Morgan fingerprint density at radius 1 is 1.20 bits per heavy atom. The molecule has 2 fully saturated rings. The van der Waals surface area contributed by atoms with E-state index in [1.54, 1.807) is 0 Å². The van der Waals surface area contributed by atoms with Crippen molar-refractivity contribution >= 4 is 29.0 Å². The van der Waals surface area contributed by atoms with Crippen molar-refractivity contribution in [2.45, 2.75) is 35.5 Å². The predicted octanol–water partition coefficient (Wildman–Crippen LogP) is 2.69. The summed E-state index contributed by atoms with van der Waals surface area (Å²) < 4.78 is 0. The van der Waals surface area contributed by atoms with Crippen LogP contribution < -0.4 is 16.1 Å². The lowest BCUT2D eigenvalue weighted by Gasteiger charge is -2.40. The molecule has 0 unspecified atom stereocenters. The average Bonchev–Trinajstić information content (AvgIpc) is 3.33. The maximum absolute atomic E-state index is 12.0. The van der Waals surface area contributed by atoms with Crippen LogP contribution >= 0.6 is 23.1 Å². The first-order chi connectivity index (χ1) is 12.2. The van der Waals surface area contributed by atoms with Crippen molar-refractivity contribution in [1.82, 2.24) is 10.4 Å². The highest BCUT2D eigenvalue weighted by molar-refractivity contribution is 8.00. The number of rotatable bonds is 2. The van der Waals surface area contributed by atoms with Crippen molar-refractivity contribution < 1.29 is 4.79 Å². The molecule has 1 amide bonds. The summed E-state index contributed by atoms with van der Waals surface area (Å²) in [5, 5.41) is 1.67. The quantitative estimate of drug-likeness (QED) is 0.429. The number of carbonyl (C=O) groups is 1. The minimum atomic E-state index is -0.282. The molecule has 25 heavy (non-hydrogen) atoms. The van der Waals surface area contributed by atoms with Gasteiger partial charge in [-0.25, -0.2) is 5.84 Å². The van der Waals surface area contributed by atoms with Gasteiger partial charge in [0.2, 0.25) is 0 Å². The Bertz CT molecular complexity index is 888. The number of nitrogen functional groups attached to an aromatic ring is 1. The normalized spacial score (nSPS) is 32.3. The second-order valence-electron chi connectivity index (χ2n) is 7.27. The van der Waals surface area contributed by atoms with Crippen LogP contribution in [0.3, 0.4) is 0 Å². The van der Waals surface area contributed by atoms with Gasteiger partial charge in [-0.2, -0.15) is 0 Å². The fraction of sp³-hybridized carbons (Fsp3) is 0.444. The molecule has 3 aliphatic rings. The third-order valence-corrected chi connectivity index (χ3v) is 8.75. The van der Waals surface area contributed by atoms with Crippen molar-refractivity contribution in [3.63, 3.8) is 0 Å². The molecule has 0 radical (unpaired) electrons. The van der Waals surface area contributed by atoms with E-state index in [1.807, 2.05) is 36.0 Å². The van der Waals surface area contributed by atoms with E-state index in [0.717, 1.165) is 16.9 Å². The zero-order valence-corrected chi connectivity index (χ0v) is 15.2. The van der Waals surface area contributed by atoms with E-state index >= 15 is 0 Å². The van der Waals surface area contributed by atoms with Crippen molar-refractivity contribution in [1.29, 1.82) is 0 Å². The molecule has 2 saturated carbocycles. The minimum Gasteiger partial charge on any atom is -0.307 e. The van der Waals surface area contributed by atoms with Crippen molar-refractivity contribution in [2.24, 2.45) is 23.6 Å². The highest BCUT2D eigenvalue weighted by Crippen LogP contribution is 2.63. The molecule has 2 aromatic rings. The number of fused-ring (bicyclic) bond motifs is 6. The van der Waals surface area contributed by atoms with Crippen LogP contribution in [0.2, 0.25) is 0 Å². The molecule has 5 rings (SSSR count). The molecule has 2 heterocycles. The lowest BCUT2D eigenvalue weighted by Crippen LogP contribution is -2.33. The van der Waals surface area contributed by atoms with E-state index < -0.39 is 0 Å². The smallest absolute Gasteiger partial charge is 0.305 e. The lowest BCUT2D eigenvalue weighted by atomic mass is 9.75. The molecule has 1 aromatic heterocycles. The van der Waals surface area contributed by atoms with Crippen LogP contribution in [0.5, 0.6) is 0 Å². The van der Waals surface area contributed by atoms with Gasteiger partial charge in [0.1, 0.15) is 0 Å². The van der Waals surface area contributed by atoms with Gasteiger partial charge in [0.05, 0.1) is 5.03 Å². The fourth-order valence-corrected chi connectivity index (χ4v) is 8.04. The summed E-state index contributed by atoms with van der Waals surface area (Å²) >= 11 is 3.25. The van der Waals surface area contributed by atoms with Crippen LogP contribution in [0.4, 0.5) is 0 Å². The standard InChI is InChI=1S/C18H19N3O2S2/c19-21-16(22)9-3-1-8(2-4-9)12-13-10-5-6-11(7-10)14(13)24-17-15(12)25-18(23)20-17/h1-4,10-14H,5-7,19H2,(H,20,23)(H,21,22)/t10-,11-,12-,13+,14-/m0/s1. The first kappa shape index (κ1) is 15.7. The molecule has 130 valence electrons.